The Labute approximate surface area is 119 Å². The minimum Gasteiger partial charge on any atom is -0.464 e. The molecule has 0 amide bonds. The standard InChI is InChI=1S/C12H13N5O4/c1-7-9(6-16(2)15-7)14-11-10(17(19)20)5-4-8(13-11)12(18)21-3/h4-6H,1-3H3,(H,13,14). The molecule has 0 radical (unpaired) electrons. The fourth-order valence-corrected chi connectivity index (χ4v) is 1.76. The minimum absolute atomic E-state index is 0.0212. The van der Waals surface area contributed by atoms with Crippen molar-refractivity contribution in [3.8, 4) is 0 Å². The van der Waals surface area contributed by atoms with Gasteiger partial charge < -0.3 is 10.1 Å². The highest BCUT2D eigenvalue weighted by Crippen LogP contribution is 2.27. The maximum absolute atomic E-state index is 11.5. The summed E-state index contributed by atoms with van der Waals surface area (Å²) in [5.41, 5.74) is 0.949. The monoisotopic (exact) mass is 291 g/mol. The van der Waals surface area contributed by atoms with Gasteiger partial charge in [-0.1, -0.05) is 0 Å². The average Bonchev–Trinajstić information content (AvgIpc) is 2.75. The summed E-state index contributed by atoms with van der Waals surface area (Å²) in [4.78, 5) is 25.9. The van der Waals surface area contributed by atoms with Crippen LogP contribution in [0.4, 0.5) is 17.2 Å². The lowest BCUT2D eigenvalue weighted by molar-refractivity contribution is -0.384. The molecule has 0 atom stereocenters. The van der Waals surface area contributed by atoms with Crippen LogP contribution >= 0.6 is 0 Å². The van der Waals surface area contributed by atoms with Crippen molar-refractivity contribution in [2.75, 3.05) is 12.4 Å². The van der Waals surface area contributed by atoms with Gasteiger partial charge in [-0.15, -0.1) is 0 Å². The van der Waals surface area contributed by atoms with Gasteiger partial charge in [-0.05, 0) is 13.0 Å². The summed E-state index contributed by atoms with van der Waals surface area (Å²) in [6.45, 7) is 1.75. The van der Waals surface area contributed by atoms with E-state index in [0.717, 1.165) is 0 Å². The molecule has 1 N–H and O–H groups in total. The highest BCUT2D eigenvalue weighted by molar-refractivity contribution is 5.88. The molecular formula is C12H13N5O4. The number of carbonyl (C=O) groups excluding carboxylic acids is 1. The molecule has 0 aliphatic rings. The fourth-order valence-electron chi connectivity index (χ4n) is 1.76. The van der Waals surface area contributed by atoms with Crippen molar-refractivity contribution in [2.45, 2.75) is 6.92 Å². The Bertz CT molecular complexity index is 710. The molecule has 9 nitrogen and oxygen atoms in total. The fraction of sp³-hybridized carbons (Fsp3) is 0.250. The quantitative estimate of drug-likeness (QED) is 0.516. The van der Waals surface area contributed by atoms with Gasteiger partial charge in [0.25, 0.3) is 0 Å². The summed E-state index contributed by atoms with van der Waals surface area (Å²) in [6.07, 6.45) is 1.66. The zero-order chi connectivity index (χ0) is 15.6. The molecule has 0 fully saturated rings. The SMILES string of the molecule is COC(=O)c1ccc([N+](=O)[O-])c(Nc2cn(C)nc2C)n1. The summed E-state index contributed by atoms with van der Waals surface area (Å²) in [7, 11) is 2.94. The summed E-state index contributed by atoms with van der Waals surface area (Å²) in [6, 6.07) is 2.44. The molecule has 0 spiro atoms. The first-order valence-corrected chi connectivity index (χ1v) is 5.93. The summed E-state index contributed by atoms with van der Waals surface area (Å²) in [5, 5.41) is 18.0. The van der Waals surface area contributed by atoms with Gasteiger partial charge in [-0.25, -0.2) is 9.78 Å². The molecule has 0 aromatic carbocycles. The van der Waals surface area contributed by atoms with Gasteiger partial charge in [0.2, 0.25) is 5.82 Å². The van der Waals surface area contributed by atoms with Crippen LogP contribution in [0.5, 0.6) is 0 Å². The number of nitrogens with one attached hydrogen (secondary N) is 1. The number of ether oxygens (including phenoxy) is 1. The number of anilines is 2. The van der Waals surface area contributed by atoms with Crippen LogP contribution in [0.3, 0.4) is 0 Å². The molecule has 0 unspecified atom stereocenters. The van der Waals surface area contributed by atoms with Crippen molar-refractivity contribution in [3.05, 3.63) is 39.8 Å². The third-order valence-corrected chi connectivity index (χ3v) is 2.73. The first-order valence-electron chi connectivity index (χ1n) is 5.93. The van der Waals surface area contributed by atoms with E-state index in [1.807, 2.05) is 0 Å². The molecule has 21 heavy (non-hydrogen) atoms. The number of rotatable bonds is 4. The van der Waals surface area contributed by atoms with Gasteiger partial charge in [0.15, 0.2) is 5.69 Å². The van der Waals surface area contributed by atoms with Crippen molar-refractivity contribution >= 4 is 23.2 Å². The number of esters is 1. The summed E-state index contributed by atoms with van der Waals surface area (Å²) >= 11 is 0. The van der Waals surface area contributed by atoms with E-state index in [2.05, 4.69) is 20.1 Å². The lowest BCUT2D eigenvalue weighted by atomic mass is 10.3. The minimum atomic E-state index is -0.671. The number of nitro groups is 1. The molecule has 0 aliphatic carbocycles. The van der Waals surface area contributed by atoms with E-state index in [9.17, 15) is 14.9 Å². The largest absolute Gasteiger partial charge is 0.464 e. The molecule has 0 saturated carbocycles. The maximum Gasteiger partial charge on any atom is 0.356 e. The molecule has 2 heterocycles. The molecule has 2 aromatic heterocycles. The normalized spacial score (nSPS) is 10.2. The Morgan fingerprint density at radius 3 is 2.71 bits per heavy atom. The zero-order valence-electron chi connectivity index (χ0n) is 11.7. The Hall–Kier alpha value is -2.97. The zero-order valence-corrected chi connectivity index (χ0v) is 11.7. The summed E-state index contributed by atoms with van der Waals surface area (Å²) < 4.78 is 6.12. The van der Waals surface area contributed by atoms with E-state index in [1.54, 1.807) is 24.9 Å². The molecule has 2 aromatic rings. The van der Waals surface area contributed by atoms with Crippen molar-refractivity contribution in [1.82, 2.24) is 14.8 Å². The van der Waals surface area contributed by atoms with Gasteiger partial charge in [0, 0.05) is 19.3 Å². The second-order valence-electron chi connectivity index (χ2n) is 4.24. The van der Waals surface area contributed by atoms with Gasteiger partial charge in [-0.2, -0.15) is 5.10 Å². The first-order chi connectivity index (χ1) is 9.92. The van der Waals surface area contributed by atoms with E-state index in [4.69, 9.17) is 0 Å². The number of pyridine rings is 1. The Morgan fingerprint density at radius 1 is 1.48 bits per heavy atom. The molecular weight excluding hydrogens is 278 g/mol. The topological polar surface area (TPSA) is 112 Å². The Balaban J connectivity index is 2.46. The number of aryl methyl sites for hydroxylation is 2. The molecule has 0 saturated heterocycles. The van der Waals surface area contributed by atoms with Crippen LogP contribution in [0.1, 0.15) is 16.2 Å². The van der Waals surface area contributed by atoms with Crippen molar-refractivity contribution in [3.63, 3.8) is 0 Å². The van der Waals surface area contributed by atoms with E-state index in [0.29, 0.717) is 11.4 Å². The van der Waals surface area contributed by atoms with Crippen LogP contribution in [-0.4, -0.2) is 32.8 Å². The molecule has 110 valence electrons. The number of hydrogen-bond acceptors (Lipinski definition) is 7. The van der Waals surface area contributed by atoms with Crippen molar-refractivity contribution in [1.29, 1.82) is 0 Å². The lowest BCUT2D eigenvalue weighted by Gasteiger charge is -2.06. The highest BCUT2D eigenvalue weighted by Gasteiger charge is 2.20. The highest BCUT2D eigenvalue weighted by atomic mass is 16.6. The van der Waals surface area contributed by atoms with Gasteiger partial charge in [0.05, 0.1) is 23.4 Å². The van der Waals surface area contributed by atoms with Crippen LogP contribution in [-0.2, 0) is 11.8 Å². The Kier molecular flexibility index (Phi) is 3.83. The van der Waals surface area contributed by atoms with E-state index >= 15 is 0 Å². The van der Waals surface area contributed by atoms with E-state index in [-0.39, 0.29) is 17.2 Å². The Morgan fingerprint density at radius 2 is 2.19 bits per heavy atom. The molecule has 2 rings (SSSR count). The third kappa shape index (κ3) is 2.96. The van der Waals surface area contributed by atoms with E-state index in [1.165, 1.54) is 19.2 Å². The second-order valence-corrected chi connectivity index (χ2v) is 4.24. The maximum atomic E-state index is 11.5. The van der Waals surface area contributed by atoms with Crippen LogP contribution in [0.25, 0.3) is 0 Å². The number of methoxy groups -OCH3 is 1. The predicted octanol–water partition coefficient (Wildman–Crippen LogP) is 1.56. The molecule has 9 heteroatoms. The van der Waals surface area contributed by atoms with Crippen LogP contribution < -0.4 is 5.32 Å². The van der Waals surface area contributed by atoms with Crippen LogP contribution in [0, 0.1) is 17.0 Å². The van der Waals surface area contributed by atoms with Crippen LogP contribution in [0.15, 0.2) is 18.3 Å². The van der Waals surface area contributed by atoms with Crippen molar-refractivity contribution < 1.29 is 14.5 Å². The van der Waals surface area contributed by atoms with Gasteiger partial charge in [0.1, 0.15) is 0 Å². The van der Waals surface area contributed by atoms with Crippen molar-refractivity contribution in [2.24, 2.45) is 7.05 Å². The lowest BCUT2D eigenvalue weighted by Crippen LogP contribution is -2.08. The second kappa shape index (κ2) is 5.57. The molecule has 0 bridgehead atoms. The van der Waals surface area contributed by atoms with Gasteiger partial charge in [-0.3, -0.25) is 14.8 Å². The number of aromatic nitrogens is 3. The first kappa shape index (κ1) is 14.4. The number of nitrogens with zero attached hydrogens (tertiary/aromatic N) is 4. The third-order valence-electron chi connectivity index (χ3n) is 2.73. The number of carbonyl (C=O) groups is 1. The number of hydrogen-bond donors (Lipinski definition) is 1. The van der Waals surface area contributed by atoms with Gasteiger partial charge >= 0.3 is 11.7 Å². The summed E-state index contributed by atoms with van der Waals surface area (Å²) in [5.74, 6) is -0.713. The van der Waals surface area contributed by atoms with Crippen LogP contribution in [0.2, 0.25) is 0 Å². The smallest absolute Gasteiger partial charge is 0.356 e. The average molecular weight is 291 g/mol. The molecule has 0 aliphatic heterocycles. The predicted molar refractivity (Wildman–Crippen MR) is 73.5 cm³/mol. The van der Waals surface area contributed by atoms with E-state index < -0.39 is 10.9 Å².